The third-order valence-electron chi connectivity index (χ3n) is 5.36. The van der Waals surface area contributed by atoms with Gasteiger partial charge in [0.2, 0.25) is 0 Å². The Bertz CT molecular complexity index is 619. The van der Waals surface area contributed by atoms with Gasteiger partial charge in [-0.25, -0.2) is 18.2 Å². The van der Waals surface area contributed by atoms with E-state index in [9.17, 15) is 0 Å². The molecule has 2 aromatic rings. The second kappa shape index (κ2) is 12.0. The smallest absolute Gasteiger partial charge is 0.214 e. The number of hydrogen-bond acceptors (Lipinski definition) is 0. The van der Waals surface area contributed by atoms with Crippen LogP contribution >= 0.6 is 15.8 Å². The summed E-state index contributed by atoms with van der Waals surface area (Å²) in [5.74, 6) is 0. The minimum absolute atomic E-state index is 0. The first-order valence-corrected chi connectivity index (χ1v) is 14.4. The van der Waals surface area contributed by atoms with Crippen molar-refractivity contribution in [3.63, 3.8) is 0 Å². The molecule has 31 heavy (non-hydrogen) atoms. The molecule has 2 rings (SSSR count). The summed E-state index contributed by atoms with van der Waals surface area (Å²) in [6, 6.07) is 17.3. The predicted molar refractivity (Wildman–Crippen MR) is 144 cm³/mol. The standard InChI is InChI=1S/C23H43P2.C5H5.Fe/c1-20(2,3)24(21(4,5)6)16-18-13-14-19(15-18)17-25(22(7,8)9)23(10,11)12;1-2-4-5-3-1;/h13-15H,16-17H2,1-12H3;1-5H;/q2*-1;+2. The van der Waals surface area contributed by atoms with E-state index in [4.69, 9.17) is 0 Å². The summed E-state index contributed by atoms with van der Waals surface area (Å²) in [5.41, 5.74) is 3.12. The Hall–Kier alpha value is 0.0795. The van der Waals surface area contributed by atoms with Crippen molar-refractivity contribution in [3.8, 4) is 0 Å². The van der Waals surface area contributed by atoms with Crippen LogP contribution in [0.4, 0.5) is 0 Å². The van der Waals surface area contributed by atoms with Gasteiger partial charge < -0.3 is 0 Å². The fraction of sp³-hybridized carbons (Fsp3) is 0.643. The van der Waals surface area contributed by atoms with Gasteiger partial charge in [-0.3, -0.25) is 0 Å². The van der Waals surface area contributed by atoms with Crippen molar-refractivity contribution in [3.05, 3.63) is 59.7 Å². The molecule has 0 saturated heterocycles. The fourth-order valence-corrected chi connectivity index (χ4v) is 11.4. The van der Waals surface area contributed by atoms with E-state index >= 15 is 0 Å². The molecule has 0 fully saturated rings. The van der Waals surface area contributed by atoms with E-state index in [1.165, 1.54) is 12.3 Å². The molecular formula is C28H48FeP2. The van der Waals surface area contributed by atoms with E-state index < -0.39 is 0 Å². The summed E-state index contributed by atoms with van der Waals surface area (Å²) in [6.07, 6.45) is 2.51. The zero-order valence-electron chi connectivity index (χ0n) is 22.3. The normalized spacial score (nSPS) is 13.1. The quantitative estimate of drug-likeness (QED) is 0.222. The van der Waals surface area contributed by atoms with Gasteiger partial charge in [-0.05, 0) is 20.6 Å². The van der Waals surface area contributed by atoms with Crippen molar-refractivity contribution in [2.24, 2.45) is 0 Å². The first-order valence-electron chi connectivity index (χ1n) is 11.4. The average molecular weight is 502 g/mol. The summed E-state index contributed by atoms with van der Waals surface area (Å²) >= 11 is 0. The van der Waals surface area contributed by atoms with Crippen LogP contribution in [0.5, 0.6) is 0 Å². The third kappa shape index (κ3) is 11.2. The SMILES string of the molecule is CC(C)(C)P(Cc1cc[c-](CP(C(C)(C)C)C(C)(C)C)c1)C(C)(C)C.[Fe+2].c1cc[cH-]c1. The molecule has 0 nitrogen and oxygen atoms in total. The first kappa shape index (κ1) is 31.1. The van der Waals surface area contributed by atoms with Crippen molar-refractivity contribution in [2.75, 3.05) is 0 Å². The molecule has 0 radical (unpaired) electrons. The van der Waals surface area contributed by atoms with Crippen LogP contribution in [0, 0.1) is 0 Å². The topological polar surface area (TPSA) is 0 Å². The van der Waals surface area contributed by atoms with Crippen LogP contribution in [-0.2, 0) is 29.4 Å². The van der Waals surface area contributed by atoms with Crippen LogP contribution in [0.3, 0.4) is 0 Å². The molecule has 0 saturated carbocycles. The molecule has 0 aromatic heterocycles. The molecule has 0 unspecified atom stereocenters. The van der Waals surface area contributed by atoms with Gasteiger partial charge in [0.05, 0.1) is 0 Å². The van der Waals surface area contributed by atoms with Gasteiger partial charge in [-0.15, -0.1) is 15.8 Å². The Labute approximate surface area is 208 Å². The van der Waals surface area contributed by atoms with Gasteiger partial charge in [-0.2, -0.15) is 41.5 Å². The molecule has 0 bridgehead atoms. The van der Waals surface area contributed by atoms with Crippen molar-refractivity contribution >= 4 is 15.8 Å². The van der Waals surface area contributed by atoms with Crippen molar-refractivity contribution < 1.29 is 17.1 Å². The molecule has 0 aliphatic heterocycles. The molecule has 0 spiro atoms. The molecule has 0 heterocycles. The Morgan fingerprint density at radius 3 is 1.45 bits per heavy atom. The monoisotopic (exact) mass is 502 g/mol. The molecule has 0 N–H and O–H groups in total. The molecule has 3 heteroatoms. The maximum Gasteiger partial charge on any atom is 2.00 e. The molecule has 178 valence electrons. The first-order chi connectivity index (χ1) is 13.4. The van der Waals surface area contributed by atoms with E-state index in [0.717, 1.165) is 0 Å². The Morgan fingerprint density at radius 1 is 0.710 bits per heavy atom. The minimum Gasteiger partial charge on any atom is -0.214 e. The van der Waals surface area contributed by atoms with E-state index in [1.807, 2.05) is 30.3 Å². The Balaban J connectivity index is 0.00000131. The van der Waals surface area contributed by atoms with E-state index in [2.05, 4.69) is 101 Å². The summed E-state index contributed by atoms with van der Waals surface area (Å²) in [5, 5.41) is 1.59. The zero-order chi connectivity index (χ0) is 23.4. The largest absolute Gasteiger partial charge is 2.00 e. The maximum absolute atomic E-state index is 2.51. The summed E-state index contributed by atoms with van der Waals surface area (Å²) < 4.78 is 0. The van der Waals surface area contributed by atoms with Crippen molar-refractivity contribution in [1.29, 1.82) is 0 Å². The molecule has 0 aliphatic carbocycles. The number of hydrogen-bond donors (Lipinski definition) is 0. The van der Waals surface area contributed by atoms with Crippen molar-refractivity contribution in [2.45, 2.75) is 116 Å². The van der Waals surface area contributed by atoms with E-state index in [-0.39, 0.29) is 32.9 Å². The van der Waals surface area contributed by atoms with Crippen LogP contribution in [0.25, 0.3) is 0 Å². The van der Waals surface area contributed by atoms with Crippen LogP contribution < -0.4 is 0 Å². The minimum atomic E-state index is -0.0659. The third-order valence-corrected chi connectivity index (χ3v) is 13.2. The summed E-state index contributed by atoms with van der Waals surface area (Å²) in [4.78, 5) is 0. The van der Waals surface area contributed by atoms with Gasteiger partial charge in [0.25, 0.3) is 0 Å². The average Bonchev–Trinajstić information content (AvgIpc) is 3.20. The second-order valence-electron chi connectivity index (χ2n) is 12.4. The molecule has 2 aromatic carbocycles. The van der Waals surface area contributed by atoms with Crippen LogP contribution in [0.1, 0.15) is 94.2 Å². The second-order valence-corrected chi connectivity index (χ2v) is 20.2. The van der Waals surface area contributed by atoms with Crippen LogP contribution in [0.15, 0.2) is 48.5 Å². The van der Waals surface area contributed by atoms with Gasteiger partial charge in [0.15, 0.2) is 0 Å². The molecule has 0 amide bonds. The molecule has 0 aliphatic rings. The molecular weight excluding hydrogens is 454 g/mol. The Morgan fingerprint density at radius 2 is 1.13 bits per heavy atom. The summed E-state index contributed by atoms with van der Waals surface area (Å²) in [6.45, 7) is 29.1. The number of rotatable bonds is 4. The van der Waals surface area contributed by atoms with E-state index in [0.29, 0.717) is 20.6 Å². The van der Waals surface area contributed by atoms with Gasteiger partial charge in [0, 0.05) is 0 Å². The molecule has 0 atom stereocenters. The summed E-state index contributed by atoms with van der Waals surface area (Å²) in [7, 11) is -0.132. The van der Waals surface area contributed by atoms with Gasteiger partial charge >= 0.3 is 17.1 Å². The van der Waals surface area contributed by atoms with E-state index in [1.54, 1.807) is 11.1 Å². The Kier molecular flexibility index (Phi) is 12.0. The predicted octanol–water partition coefficient (Wildman–Crippen LogP) is 9.97. The van der Waals surface area contributed by atoms with Crippen LogP contribution in [0.2, 0.25) is 0 Å². The van der Waals surface area contributed by atoms with Gasteiger partial charge in [0.1, 0.15) is 0 Å². The maximum atomic E-state index is 2.51. The van der Waals surface area contributed by atoms with Crippen LogP contribution in [-0.4, -0.2) is 20.6 Å². The fourth-order valence-electron chi connectivity index (χ4n) is 4.39. The zero-order valence-corrected chi connectivity index (χ0v) is 25.2. The van der Waals surface area contributed by atoms with Gasteiger partial charge in [-0.1, -0.05) is 95.4 Å². The van der Waals surface area contributed by atoms with Crippen molar-refractivity contribution in [1.82, 2.24) is 0 Å².